The maximum Gasteiger partial charge on any atom is 0.191 e. The lowest BCUT2D eigenvalue weighted by atomic mass is 10.2. The molecule has 1 aliphatic rings. The fraction of sp³-hybridized carbons (Fsp3) is 0.688. The van der Waals surface area contributed by atoms with Gasteiger partial charge in [-0.3, -0.25) is 9.89 Å². The van der Waals surface area contributed by atoms with E-state index < -0.39 is 0 Å². The van der Waals surface area contributed by atoms with Crippen LogP contribution in [0, 0.1) is 6.92 Å². The summed E-state index contributed by atoms with van der Waals surface area (Å²) in [4.78, 5) is 9.51. The SMILES string of the molecule is CN=C(NCCOC)NCC(c1ccc(C)s1)N1CCOCC1. The van der Waals surface area contributed by atoms with Crippen molar-refractivity contribution in [1.82, 2.24) is 15.5 Å². The number of ether oxygens (including phenoxy) is 2. The van der Waals surface area contributed by atoms with Gasteiger partial charge in [0.1, 0.15) is 0 Å². The average molecular weight is 340 g/mol. The number of guanidine groups is 1. The predicted octanol–water partition coefficient (Wildman–Crippen LogP) is 1.24. The Labute approximate surface area is 142 Å². The van der Waals surface area contributed by atoms with Gasteiger partial charge in [-0.2, -0.15) is 0 Å². The average Bonchev–Trinajstić information content (AvgIpc) is 3.00. The van der Waals surface area contributed by atoms with Crippen molar-refractivity contribution in [2.24, 2.45) is 4.99 Å². The molecule has 0 saturated carbocycles. The molecule has 1 atom stereocenters. The first-order valence-electron chi connectivity index (χ1n) is 8.06. The molecule has 0 aromatic carbocycles. The number of methoxy groups -OCH3 is 1. The van der Waals surface area contributed by atoms with E-state index in [2.05, 4.69) is 39.6 Å². The van der Waals surface area contributed by atoms with Crippen molar-refractivity contribution < 1.29 is 9.47 Å². The highest BCUT2D eigenvalue weighted by molar-refractivity contribution is 7.12. The summed E-state index contributed by atoms with van der Waals surface area (Å²) in [6, 6.07) is 4.78. The van der Waals surface area contributed by atoms with E-state index in [0.29, 0.717) is 12.6 Å². The highest BCUT2D eigenvalue weighted by Gasteiger charge is 2.24. The number of nitrogens with one attached hydrogen (secondary N) is 2. The maximum absolute atomic E-state index is 5.49. The standard InChI is InChI=1S/C16H28N4O2S/c1-13-4-5-15(23-13)14(20-7-10-22-11-8-20)12-19-16(17-2)18-6-9-21-3/h4-5,14H,6-12H2,1-3H3,(H2,17,18,19). The summed E-state index contributed by atoms with van der Waals surface area (Å²) in [6.45, 7) is 7.95. The van der Waals surface area contributed by atoms with Crippen molar-refractivity contribution in [1.29, 1.82) is 0 Å². The normalized spacial score (nSPS) is 18.0. The molecule has 1 aromatic heterocycles. The topological polar surface area (TPSA) is 58.1 Å². The van der Waals surface area contributed by atoms with E-state index in [0.717, 1.165) is 45.4 Å². The van der Waals surface area contributed by atoms with E-state index >= 15 is 0 Å². The minimum absolute atomic E-state index is 0.346. The molecule has 0 bridgehead atoms. The van der Waals surface area contributed by atoms with E-state index in [9.17, 15) is 0 Å². The third-order valence-electron chi connectivity index (χ3n) is 3.86. The van der Waals surface area contributed by atoms with Gasteiger partial charge in [0.2, 0.25) is 0 Å². The summed E-state index contributed by atoms with van der Waals surface area (Å²) in [5.74, 6) is 0.814. The number of hydrogen-bond donors (Lipinski definition) is 2. The van der Waals surface area contributed by atoms with Gasteiger partial charge < -0.3 is 20.1 Å². The molecule has 2 rings (SSSR count). The van der Waals surface area contributed by atoms with Crippen LogP contribution in [0.1, 0.15) is 15.8 Å². The number of aryl methyl sites for hydroxylation is 1. The van der Waals surface area contributed by atoms with E-state index in [4.69, 9.17) is 9.47 Å². The van der Waals surface area contributed by atoms with Crippen LogP contribution in [-0.2, 0) is 9.47 Å². The molecule has 0 amide bonds. The van der Waals surface area contributed by atoms with Gasteiger partial charge in [-0.05, 0) is 19.1 Å². The van der Waals surface area contributed by atoms with Gasteiger partial charge in [0.25, 0.3) is 0 Å². The summed E-state index contributed by atoms with van der Waals surface area (Å²) in [5.41, 5.74) is 0. The van der Waals surface area contributed by atoms with Crippen LogP contribution in [0.2, 0.25) is 0 Å². The fourth-order valence-corrected chi connectivity index (χ4v) is 3.63. The third-order valence-corrected chi connectivity index (χ3v) is 4.96. The number of thiophene rings is 1. The highest BCUT2D eigenvalue weighted by atomic mass is 32.1. The van der Waals surface area contributed by atoms with Gasteiger partial charge in [-0.15, -0.1) is 11.3 Å². The largest absolute Gasteiger partial charge is 0.383 e. The third kappa shape index (κ3) is 5.76. The molecule has 2 N–H and O–H groups in total. The summed E-state index contributed by atoms with van der Waals surface area (Å²) < 4.78 is 10.6. The van der Waals surface area contributed by atoms with E-state index in [1.54, 1.807) is 14.2 Å². The highest BCUT2D eigenvalue weighted by Crippen LogP contribution is 2.27. The van der Waals surface area contributed by atoms with Gasteiger partial charge in [0.15, 0.2) is 5.96 Å². The van der Waals surface area contributed by atoms with Crippen molar-refractivity contribution in [3.8, 4) is 0 Å². The molecular formula is C16H28N4O2S. The van der Waals surface area contributed by atoms with Crippen LogP contribution < -0.4 is 10.6 Å². The zero-order chi connectivity index (χ0) is 16.5. The predicted molar refractivity (Wildman–Crippen MR) is 95.4 cm³/mol. The lowest BCUT2D eigenvalue weighted by molar-refractivity contribution is 0.0177. The van der Waals surface area contributed by atoms with Crippen LogP contribution in [0.3, 0.4) is 0 Å². The van der Waals surface area contributed by atoms with Crippen LogP contribution in [0.15, 0.2) is 17.1 Å². The van der Waals surface area contributed by atoms with E-state index in [1.165, 1.54) is 9.75 Å². The van der Waals surface area contributed by atoms with Crippen LogP contribution >= 0.6 is 11.3 Å². The quantitative estimate of drug-likeness (QED) is 0.444. The molecule has 1 aliphatic heterocycles. The second-order valence-corrected chi connectivity index (χ2v) is 6.80. The van der Waals surface area contributed by atoms with Crippen LogP contribution in [0.4, 0.5) is 0 Å². The van der Waals surface area contributed by atoms with Crippen molar-refractivity contribution in [3.05, 3.63) is 21.9 Å². The Bertz CT molecular complexity index is 486. The molecule has 1 unspecified atom stereocenters. The number of nitrogens with zero attached hydrogens (tertiary/aromatic N) is 2. The van der Waals surface area contributed by atoms with Gasteiger partial charge >= 0.3 is 0 Å². The first-order valence-corrected chi connectivity index (χ1v) is 8.88. The Balaban J connectivity index is 1.96. The number of aliphatic imine (C=N–C) groups is 1. The Hall–Kier alpha value is -1.15. The van der Waals surface area contributed by atoms with E-state index in [1.807, 2.05) is 11.3 Å². The Morgan fingerprint density at radius 1 is 1.39 bits per heavy atom. The molecular weight excluding hydrogens is 312 g/mol. The summed E-state index contributed by atoms with van der Waals surface area (Å²) in [7, 11) is 3.49. The number of hydrogen-bond acceptors (Lipinski definition) is 5. The summed E-state index contributed by atoms with van der Waals surface area (Å²) in [5, 5.41) is 6.70. The second kappa shape index (κ2) is 9.87. The van der Waals surface area contributed by atoms with Gasteiger partial charge in [0.05, 0.1) is 25.9 Å². The molecule has 0 aliphatic carbocycles. The van der Waals surface area contributed by atoms with Gasteiger partial charge in [-0.1, -0.05) is 0 Å². The Morgan fingerprint density at radius 3 is 2.78 bits per heavy atom. The lowest BCUT2D eigenvalue weighted by Crippen LogP contribution is -2.46. The zero-order valence-electron chi connectivity index (χ0n) is 14.3. The first kappa shape index (κ1) is 18.2. The summed E-state index contributed by atoms with van der Waals surface area (Å²) >= 11 is 1.87. The molecule has 130 valence electrons. The molecule has 1 fully saturated rings. The maximum atomic E-state index is 5.49. The van der Waals surface area contributed by atoms with Crippen LogP contribution in [-0.4, -0.2) is 71.0 Å². The molecule has 0 radical (unpaired) electrons. The van der Waals surface area contributed by atoms with Gasteiger partial charge in [0, 0.05) is 50.1 Å². The van der Waals surface area contributed by atoms with Crippen molar-refractivity contribution >= 4 is 17.3 Å². The molecule has 2 heterocycles. The van der Waals surface area contributed by atoms with Crippen molar-refractivity contribution in [2.45, 2.75) is 13.0 Å². The molecule has 1 aromatic rings. The smallest absolute Gasteiger partial charge is 0.191 e. The number of morpholine rings is 1. The Kier molecular flexibility index (Phi) is 7.81. The second-order valence-electron chi connectivity index (χ2n) is 5.49. The molecule has 23 heavy (non-hydrogen) atoms. The van der Waals surface area contributed by atoms with Crippen LogP contribution in [0.25, 0.3) is 0 Å². The fourth-order valence-electron chi connectivity index (χ4n) is 2.62. The Morgan fingerprint density at radius 2 is 2.17 bits per heavy atom. The molecule has 7 heteroatoms. The zero-order valence-corrected chi connectivity index (χ0v) is 15.1. The summed E-state index contributed by atoms with van der Waals surface area (Å²) in [6.07, 6.45) is 0. The van der Waals surface area contributed by atoms with Crippen molar-refractivity contribution in [2.75, 3.05) is 60.2 Å². The van der Waals surface area contributed by atoms with Gasteiger partial charge in [-0.25, -0.2) is 0 Å². The molecule has 1 saturated heterocycles. The number of rotatable bonds is 7. The van der Waals surface area contributed by atoms with E-state index in [-0.39, 0.29) is 0 Å². The molecule has 0 spiro atoms. The lowest BCUT2D eigenvalue weighted by Gasteiger charge is -2.34. The first-order chi connectivity index (χ1) is 11.2. The molecule has 6 nitrogen and oxygen atoms in total. The van der Waals surface area contributed by atoms with Crippen molar-refractivity contribution in [3.63, 3.8) is 0 Å². The monoisotopic (exact) mass is 340 g/mol. The van der Waals surface area contributed by atoms with Crippen LogP contribution in [0.5, 0.6) is 0 Å². The minimum Gasteiger partial charge on any atom is -0.383 e. The minimum atomic E-state index is 0.346.